The van der Waals surface area contributed by atoms with Crippen LogP contribution in [-0.2, 0) is 14.0 Å². The molecular weight excluding hydrogens is 583 g/mol. The van der Waals surface area contributed by atoms with Gasteiger partial charge in [-0.1, -0.05) is 49.0 Å². The normalized spacial score (nSPS) is 16.3. The van der Waals surface area contributed by atoms with Crippen molar-refractivity contribution in [2.45, 2.75) is 62.0 Å². The molecular formula is C19H24F11NO3Si3. The number of benzene rings is 1. The molecule has 1 rings (SSSR count). The van der Waals surface area contributed by atoms with Crippen molar-refractivity contribution in [2.24, 2.45) is 0 Å². The molecule has 1 aromatic rings. The van der Waals surface area contributed by atoms with E-state index in [1.807, 2.05) is 19.6 Å². The van der Waals surface area contributed by atoms with E-state index in [1.165, 1.54) is 12.1 Å². The van der Waals surface area contributed by atoms with Crippen LogP contribution >= 0.6 is 0 Å². The number of hydrogen-bond donors (Lipinski definition) is 0. The van der Waals surface area contributed by atoms with E-state index >= 15 is 0 Å². The summed E-state index contributed by atoms with van der Waals surface area (Å²) in [4.78, 5) is 12.2. The Morgan fingerprint density at radius 2 is 1.54 bits per heavy atom. The summed E-state index contributed by atoms with van der Waals surface area (Å²) >= 11 is 0. The summed E-state index contributed by atoms with van der Waals surface area (Å²) in [7, 11) is -0.955. The highest BCUT2D eigenvalue weighted by molar-refractivity contribution is 7.09. The Bertz CT molecular complexity index is 944. The van der Waals surface area contributed by atoms with Crippen molar-refractivity contribution in [2.75, 3.05) is 19.1 Å². The van der Waals surface area contributed by atoms with Crippen molar-refractivity contribution in [3.8, 4) is 0 Å². The van der Waals surface area contributed by atoms with E-state index in [0.29, 0.717) is 27.3 Å². The predicted octanol–water partition coefficient (Wildman–Crippen LogP) is 5.22. The molecule has 2 unspecified atom stereocenters. The van der Waals surface area contributed by atoms with Crippen LogP contribution in [0.5, 0.6) is 0 Å². The Kier molecular flexibility index (Phi) is 10.2. The number of ether oxygens (including phenoxy) is 1. The monoisotopic (exact) mass is 607 g/mol. The molecule has 2 atom stereocenters. The SMILES string of the molecule is CO[SiH](C)[Si]CC[Si](C)(C)c1cccc(N(C)C(=O)C(F)(OC(F)(F)C(F)(F)C(F)(F)F)C(F)(F)F)c1. The van der Waals surface area contributed by atoms with Gasteiger partial charge in [-0.2, -0.15) is 48.3 Å². The summed E-state index contributed by atoms with van der Waals surface area (Å²) in [6.45, 7) is 5.79. The second kappa shape index (κ2) is 11.3. The maximum atomic E-state index is 14.7. The van der Waals surface area contributed by atoms with Gasteiger partial charge < -0.3 is 9.33 Å². The van der Waals surface area contributed by atoms with Crippen LogP contribution in [0.3, 0.4) is 0 Å². The minimum Gasteiger partial charge on any atom is -0.427 e. The topological polar surface area (TPSA) is 38.8 Å². The number of halogens is 11. The van der Waals surface area contributed by atoms with Gasteiger partial charge in [-0.15, -0.1) is 0 Å². The lowest BCUT2D eigenvalue weighted by atomic mass is 10.2. The molecule has 0 aliphatic carbocycles. The first-order valence-corrected chi connectivity index (χ1v) is 18.2. The minimum absolute atomic E-state index is 0.134. The molecule has 0 heterocycles. The van der Waals surface area contributed by atoms with Crippen molar-refractivity contribution in [3.05, 3.63) is 24.3 Å². The van der Waals surface area contributed by atoms with Crippen LogP contribution in [-0.4, -0.2) is 76.0 Å². The second-order valence-electron chi connectivity index (χ2n) is 8.66. The second-order valence-corrected chi connectivity index (χ2v) is 19.8. The number of carbonyl (C=O) groups excluding carboxylic acids is 1. The zero-order valence-corrected chi connectivity index (χ0v) is 23.3. The van der Waals surface area contributed by atoms with Crippen molar-refractivity contribution in [1.82, 2.24) is 0 Å². The van der Waals surface area contributed by atoms with Crippen LogP contribution in [0.25, 0.3) is 0 Å². The molecule has 18 heteroatoms. The highest BCUT2D eigenvalue weighted by atomic mass is 29.2. The maximum absolute atomic E-state index is 14.7. The lowest BCUT2D eigenvalue weighted by Gasteiger charge is -2.36. The minimum atomic E-state index is -7.25. The van der Waals surface area contributed by atoms with Gasteiger partial charge in [-0.25, -0.2) is 0 Å². The zero-order valence-electron chi connectivity index (χ0n) is 20.1. The molecule has 4 nitrogen and oxygen atoms in total. The van der Waals surface area contributed by atoms with Crippen LogP contribution in [0, 0.1) is 0 Å². The molecule has 1 aromatic carbocycles. The zero-order chi connectivity index (χ0) is 29.3. The van der Waals surface area contributed by atoms with Gasteiger partial charge in [-0.05, 0) is 12.1 Å². The first kappa shape index (κ1) is 33.5. The molecule has 0 aromatic heterocycles. The standard InChI is InChI=1S/C19H24F11NO3Si3/c1-31(12-7-6-8-13(11-12)37(4,5)10-9-35-36(3)33-2)14(32)15(20,17(23,24)25)34-19(29,30)16(21,22)18(26,27)28/h6-8,11,36H,9-10H2,1-5H3. The van der Waals surface area contributed by atoms with Crippen LogP contribution in [0.2, 0.25) is 31.7 Å². The highest BCUT2D eigenvalue weighted by Crippen LogP contribution is 2.51. The number of carbonyl (C=O) groups is 1. The van der Waals surface area contributed by atoms with Gasteiger partial charge in [0.1, 0.15) is 0 Å². The van der Waals surface area contributed by atoms with Gasteiger partial charge in [0.05, 0.1) is 17.1 Å². The van der Waals surface area contributed by atoms with Crippen molar-refractivity contribution >= 4 is 42.5 Å². The van der Waals surface area contributed by atoms with Gasteiger partial charge in [0.2, 0.25) is 0 Å². The molecule has 0 N–H and O–H groups in total. The lowest BCUT2D eigenvalue weighted by molar-refractivity contribution is -0.472. The fraction of sp³-hybridized carbons (Fsp3) is 0.632. The van der Waals surface area contributed by atoms with E-state index in [9.17, 15) is 53.1 Å². The molecule has 0 fully saturated rings. The van der Waals surface area contributed by atoms with Crippen molar-refractivity contribution in [1.29, 1.82) is 0 Å². The summed E-state index contributed by atoms with van der Waals surface area (Å²) in [6, 6.07) is 6.58. The van der Waals surface area contributed by atoms with Gasteiger partial charge in [0.15, 0.2) is 8.56 Å². The molecule has 212 valence electrons. The number of hydrogen-bond acceptors (Lipinski definition) is 3. The fourth-order valence-electron chi connectivity index (χ4n) is 2.91. The van der Waals surface area contributed by atoms with Gasteiger partial charge in [-0.3, -0.25) is 9.53 Å². The van der Waals surface area contributed by atoms with Crippen molar-refractivity contribution < 1.29 is 62.3 Å². The van der Waals surface area contributed by atoms with Gasteiger partial charge >= 0.3 is 36.1 Å². The summed E-state index contributed by atoms with van der Waals surface area (Å²) in [5.41, 5.74) is -0.453. The Morgan fingerprint density at radius 1 is 1.00 bits per heavy atom. The third kappa shape index (κ3) is 7.33. The predicted molar refractivity (Wildman–Crippen MR) is 119 cm³/mol. The number of rotatable bonds is 11. The largest absolute Gasteiger partial charge is 0.462 e. The quantitative estimate of drug-likeness (QED) is 0.256. The molecule has 0 saturated carbocycles. The molecule has 37 heavy (non-hydrogen) atoms. The highest BCUT2D eigenvalue weighted by Gasteiger charge is 2.80. The number of amides is 1. The molecule has 0 bridgehead atoms. The Morgan fingerprint density at radius 3 is 2.00 bits per heavy atom. The van der Waals surface area contributed by atoms with Crippen LogP contribution < -0.4 is 10.1 Å². The molecule has 1 amide bonds. The Labute approximate surface area is 210 Å². The third-order valence-electron chi connectivity index (χ3n) is 5.48. The number of nitrogens with zero attached hydrogens (tertiary/aromatic N) is 1. The molecule has 0 aliphatic heterocycles. The summed E-state index contributed by atoms with van der Waals surface area (Å²) in [5, 5.41) is 0.576. The van der Waals surface area contributed by atoms with Gasteiger partial charge in [0.25, 0.3) is 0 Å². The van der Waals surface area contributed by atoms with E-state index < -0.39 is 58.5 Å². The first-order chi connectivity index (χ1) is 16.4. The smallest absolute Gasteiger partial charge is 0.427 e. The van der Waals surface area contributed by atoms with Crippen LogP contribution in [0.15, 0.2) is 24.3 Å². The van der Waals surface area contributed by atoms with E-state index in [1.54, 1.807) is 13.2 Å². The van der Waals surface area contributed by atoms with E-state index in [4.69, 9.17) is 4.43 Å². The maximum Gasteiger partial charge on any atom is 0.462 e. The molecule has 0 aliphatic rings. The Balaban J connectivity index is 3.35. The van der Waals surface area contributed by atoms with E-state index in [2.05, 4.69) is 4.74 Å². The fourth-order valence-corrected chi connectivity index (χ4v) is 11.0. The average Bonchev–Trinajstić information content (AvgIpc) is 2.75. The summed E-state index contributed by atoms with van der Waals surface area (Å²) in [5.74, 6) is -16.5. The lowest BCUT2D eigenvalue weighted by Crippen LogP contribution is -2.63. The average molecular weight is 608 g/mol. The third-order valence-corrected chi connectivity index (χ3v) is 14.5. The van der Waals surface area contributed by atoms with Crippen molar-refractivity contribution in [3.63, 3.8) is 0 Å². The van der Waals surface area contributed by atoms with Crippen LogP contribution in [0.4, 0.5) is 54.0 Å². The summed E-state index contributed by atoms with van der Waals surface area (Å²) in [6.07, 6.45) is -21.0. The molecule has 0 spiro atoms. The van der Waals surface area contributed by atoms with E-state index in [0.717, 1.165) is 12.1 Å². The summed E-state index contributed by atoms with van der Waals surface area (Å²) < 4.78 is 153. The molecule has 0 saturated heterocycles. The van der Waals surface area contributed by atoms with Gasteiger partial charge in [0, 0.05) is 19.8 Å². The van der Waals surface area contributed by atoms with E-state index in [-0.39, 0.29) is 4.90 Å². The van der Waals surface area contributed by atoms with Crippen LogP contribution in [0.1, 0.15) is 0 Å². The number of alkyl halides is 11. The first-order valence-electron chi connectivity index (χ1n) is 10.4. The molecule has 2 radical (unpaired) electrons. The Hall–Kier alpha value is -1.51. The number of likely N-dealkylation sites (N-methyl/N-ethyl adjacent to an activating group) is 1. The number of anilines is 1.